The summed E-state index contributed by atoms with van der Waals surface area (Å²) in [6.45, 7) is 1.87. The van der Waals surface area contributed by atoms with Crippen LogP contribution in [0, 0.1) is 11.3 Å². The first-order valence-electron chi connectivity index (χ1n) is 5.81. The number of aliphatic carboxylic acids is 1. The van der Waals surface area contributed by atoms with E-state index in [9.17, 15) is 9.90 Å². The van der Waals surface area contributed by atoms with Gasteiger partial charge in [0.1, 0.15) is 11.1 Å². The molecule has 1 unspecified atom stereocenters. The average Bonchev–Trinajstić information content (AvgIpc) is 3.08. The molecule has 0 saturated heterocycles. The zero-order valence-corrected chi connectivity index (χ0v) is 14.1. The fraction of sp³-hybridized carbons (Fsp3) is 0.154. The van der Waals surface area contributed by atoms with Crippen molar-refractivity contribution >= 4 is 50.3 Å². The molecule has 0 amide bonds. The predicted octanol–water partition coefficient (Wildman–Crippen LogP) is 3.64. The second-order valence-electron chi connectivity index (χ2n) is 4.00. The van der Waals surface area contributed by atoms with Gasteiger partial charge in [-0.25, -0.2) is 9.78 Å². The van der Waals surface area contributed by atoms with E-state index in [1.54, 1.807) is 12.3 Å². The number of hydrogen-bond donors (Lipinski definition) is 2. The van der Waals surface area contributed by atoms with Gasteiger partial charge in [-0.3, -0.25) is 0 Å². The van der Waals surface area contributed by atoms with E-state index in [-0.39, 0.29) is 11.6 Å². The van der Waals surface area contributed by atoms with E-state index in [0.717, 1.165) is 9.48 Å². The number of rotatable bonds is 5. The summed E-state index contributed by atoms with van der Waals surface area (Å²) in [5, 5.41) is 26.0. The number of nitriles is 1. The van der Waals surface area contributed by atoms with E-state index in [4.69, 9.17) is 5.26 Å². The van der Waals surface area contributed by atoms with Crippen molar-refractivity contribution in [3.05, 3.63) is 43.0 Å². The Morgan fingerprint density at radius 2 is 2.29 bits per heavy atom. The van der Waals surface area contributed by atoms with Crippen LogP contribution in [0.5, 0.6) is 0 Å². The molecule has 1 atom stereocenters. The number of carboxylic acid groups (broad SMARTS) is 1. The Hall–Kier alpha value is -1.69. The first kappa shape index (κ1) is 15.7. The molecule has 2 rings (SSSR count). The highest BCUT2D eigenvalue weighted by Gasteiger charge is 2.21. The summed E-state index contributed by atoms with van der Waals surface area (Å²) in [5.41, 5.74) is -0.0175. The second kappa shape index (κ2) is 6.85. The molecule has 0 bridgehead atoms. The number of nitrogens with one attached hydrogen (secondary N) is 1. The van der Waals surface area contributed by atoms with Crippen LogP contribution in [0.1, 0.15) is 22.9 Å². The summed E-state index contributed by atoms with van der Waals surface area (Å²) in [6, 6.07) is 3.37. The molecule has 0 fully saturated rings. The molecular formula is C13H10BrN3O2S2. The third kappa shape index (κ3) is 3.50. The molecule has 2 N–H and O–H groups in total. The van der Waals surface area contributed by atoms with Gasteiger partial charge in [-0.05, 0) is 34.3 Å². The lowest BCUT2D eigenvalue weighted by molar-refractivity contribution is -0.132. The molecule has 0 aromatic carbocycles. The largest absolute Gasteiger partial charge is 0.477 e. The van der Waals surface area contributed by atoms with E-state index in [1.807, 2.05) is 23.8 Å². The Labute approximate surface area is 137 Å². The standard InChI is InChI=1S/C13H10BrN3O2S2/c1-7(12-16-3-5-21-12)17-10(8(6-15)13(18)19)11-9(14)2-4-20-11/h2-5,7,17H,1H3,(H,18,19). The number of thiophene rings is 1. The van der Waals surface area contributed by atoms with Crippen LogP contribution in [-0.4, -0.2) is 16.1 Å². The summed E-state index contributed by atoms with van der Waals surface area (Å²) in [5.74, 6) is -1.26. The lowest BCUT2D eigenvalue weighted by Crippen LogP contribution is -2.20. The minimum Gasteiger partial charge on any atom is -0.477 e. The molecule has 0 saturated carbocycles. The minimum absolute atomic E-state index is 0.198. The molecule has 8 heteroatoms. The molecule has 5 nitrogen and oxygen atoms in total. The monoisotopic (exact) mass is 383 g/mol. The Bertz CT molecular complexity index is 716. The minimum atomic E-state index is -1.26. The van der Waals surface area contributed by atoms with Crippen molar-refractivity contribution in [2.75, 3.05) is 0 Å². The van der Waals surface area contributed by atoms with Gasteiger partial charge in [-0.2, -0.15) is 5.26 Å². The molecule has 0 aliphatic carbocycles. The van der Waals surface area contributed by atoms with Gasteiger partial charge in [0.25, 0.3) is 0 Å². The maximum absolute atomic E-state index is 11.3. The Morgan fingerprint density at radius 1 is 1.52 bits per heavy atom. The molecule has 0 aliphatic rings. The van der Waals surface area contributed by atoms with Gasteiger partial charge >= 0.3 is 5.97 Å². The number of nitrogens with zero attached hydrogens (tertiary/aromatic N) is 2. The second-order valence-corrected chi connectivity index (χ2v) is 6.70. The van der Waals surface area contributed by atoms with Crippen molar-refractivity contribution in [1.82, 2.24) is 10.3 Å². The van der Waals surface area contributed by atoms with E-state index in [0.29, 0.717) is 10.6 Å². The van der Waals surface area contributed by atoms with Gasteiger partial charge in [0.15, 0.2) is 5.57 Å². The quantitative estimate of drug-likeness (QED) is 0.607. The lowest BCUT2D eigenvalue weighted by Gasteiger charge is -2.16. The molecule has 2 aromatic rings. The van der Waals surface area contributed by atoms with Gasteiger partial charge in [0.05, 0.1) is 16.6 Å². The van der Waals surface area contributed by atoms with Crippen molar-refractivity contribution in [1.29, 1.82) is 5.26 Å². The van der Waals surface area contributed by atoms with Crippen LogP contribution in [0.4, 0.5) is 0 Å². The number of aromatic nitrogens is 1. The zero-order valence-electron chi connectivity index (χ0n) is 10.8. The maximum atomic E-state index is 11.3. The molecule has 2 heterocycles. The molecule has 2 aromatic heterocycles. The van der Waals surface area contributed by atoms with Crippen molar-refractivity contribution in [2.45, 2.75) is 13.0 Å². The van der Waals surface area contributed by atoms with Crippen LogP contribution in [0.25, 0.3) is 5.70 Å². The van der Waals surface area contributed by atoms with E-state index < -0.39 is 5.97 Å². The Morgan fingerprint density at radius 3 is 2.76 bits per heavy atom. The van der Waals surface area contributed by atoms with E-state index in [2.05, 4.69) is 26.2 Å². The zero-order chi connectivity index (χ0) is 15.4. The van der Waals surface area contributed by atoms with Gasteiger partial charge in [0, 0.05) is 16.0 Å². The van der Waals surface area contributed by atoms with Crippen molar-refractivity contribution in [3.8, 4) is 6.07 Å². The van der Waals surface area contributed by atoms with Gasteiger partial charge in [0.2, 0.25) is 0 Å². The first-order valence-corrected chi connectivity index (χ1v) is 8.36. The molecule has 108 valence electrons. The van der Waals surface area contributed by atoms with Crippen molar-refractivity contribution in [2.24, 2.45) is 0 Å². The normalized spacial score (nSPS) is 13.2. The van der Waals surface area contributed by atoms with E-state index >= 15 is 0 Å². The smallest absolute Gasteiger partial charge is 0.348 e. The summed E-state index contributed by atoms with van der Waals surface area (Å²) in [7, 11) is 0. The Kier molecular flexibility index (Phi) is 5.12. The van der Waals surface area contributed by atoms with Gasteiger partial charge < -0.3 is 10.4 Å². The third-order valence-corrected chi connectivity index (χ3v) is 5.42. The first-order chi connectivity index (χ1) is 10.0. The topological polar surface area (TPSA) is 86.0 Å². The number of thiazole rings is 1. The molecule has 0 radical (unpaired) electrons. The Balaban J connectivity index is 2.45. The highest BCUT2D eigenvalue weighted by atomic mass is 79.9. The fourth-order valence-electron chi connectivity index (χ4n) is 1.66. The SMILES string of the molecule is CC(NC(=C(C#N)C(=O)O)c1sccc1Br)c1nccs1. The van der Waals surface area contributed by atoms with Crippen LogP contribution in [0.15, 0.2) is 33.1 Å². The van der Waals surface area contributed by atoms with Crippen LogP contribution in [-0.2, 0) is 4.79 Å². The summed E-state index contributed by atoms with van der Waals surface area (Å²) in [4.78, 5) is 16.2. The highest BCUT2D eigenvalue weighted by Crippen LogP contribution is 2.32. The van der Waals surface area contributed by atoms with Crippen LogP contribution >= 0.6 is 38.6 Å². The average molecular weight is 384 g/mol. The van der Waals surface area contributed by atoms with E-state index in [1.165, 1.54) is 22.7 Å². The number of hydrogen-bond acceptors (Lipinski definition) is 6. The molecule has 21 heavy (non-hydrogen) atoms. The maximum Gasteiger partial charge on any atom is 0.348 e. The summed E-state index contributed by atoms with van der Waals surface area (Å²) in [6.07, 6.45) is 1.69. The predicted molar refractivity (Wildman–Crippen MR) is 85.9 cm³/mol. The van der Waals surface area contributed by atoms with Crippen LogP contribution < -0.4 is 5.32 Å². The summed E-state index contributed by atoms with van der Waals surface area (Å²) < 4.78 is 0.746. The number of carbonyl (C=O) groups is 1. The van der Waals surface area contributed by atoms with Gasteiger partial charge in [-0.1, -0.05) is 0 Å². The molecule has 0 spiro atoms. The number of carboxylic acids is 1. The highest BCUT2D eigenvalue weighted by molar-refractivity contribution is 9.10. The van der Waals surface area contributed by atoms with Gasteiger partial charge in [-0.15, -0.1) is 22.7 Å². The molecule has 0 aliphatic heterocycles. The summed E-state index contributed by atoms with van der Waals surface area (Å²) >= 11 is 6.20. The number of halogens is 1. The molecular weight excluding hydrogens is 374 g/mol. The van der Waals surface area contributed by atoms with Crippen molar-refractivity contribution in [3.63, 3.8) is 0 Å². The van der Waals surface area contributed by atoms with Crippen LogP contribution in [0.3, 0.4) is 0 Å². The van der Waals surface area contributed by atoms with Crippen molar-refractivity contribution < 1.29 is 9.90 Å². The fourth-order valence-corrected chi connectivity index (χ4v) is 3.89. The van der Waals surface area contributed by atoms with Crippen LogP contribution in [0.2, 0.25) is 0 Å². The lowest BCUT2D eigenvalue weighted by atomic mass is 10.1. The third-order valence-electron chi connectivity index (χ3n) is 2.60.